The van der Waals surface area contributed by atoms with Gasteiger partial charge in [0.1, 0.15) is 5.69 Å². The maximum absolute atomic E-state index is 8.75. The summed E-state index contributed by atoms with van der Waals surface area (Å²) < 4.78 is 0. The second-order valence-electron chi connectivity index (χ2n) is 4.59. The van der Waals surface area contributed by atoms with E-state index in [1.165, 1.54) is 11.1 Å². The molecule has 0 unspecified atom stereocenters. The Bertz CT molecular complexity index is 610. The van der Waals surface area contributed by atoms with E-state index >= 15 is 0 Å². The third kappa shape index (κ3) is 3.55. The van der Waals surface area contributed by atoms with E-state index in [2.05, 4.69) is 40.6 Å². The monoisotopic (exact) mass is 270 g/mol. The number of aromatic nitrogens is 1. The van der Waals surface area contributed by atoms with Crippen LogP contribution in [-0.4, -0.2) is 16.0 Å². The van der Waals surface area contributed by atoms with Crippen molar-refractivity contribution in [2.24, 2.45) is 10.9 Å². The number of rotatable bonds is 5. The fourth-order valence-corrected chi connectivity index (χ4v) is 2.02. The van der Waals surface area contributed by atoms with Crippen LogP contribution in [0, 0.1) is 6.92 Å². The molecule has 0 aliphatic carbocycles. The van der Waals surface area contributed by atoms with Crippen LogP contribution in [0.15, 0.2) is 47.8 Å². The molecule has 2 rings (SSSR count). The van der Waals surface area contributed by atoms with Crippen LogP contribution in [-0.2, 0) is 13.1 Å². The average Bonchev–Trinajstić information content (AvgIpc) is 2.47. The van der Waals surface area contributed by atoms with Crippen molar-refractivity contribution >= 4 is 5.84 Å². The summed E-state index contributed by atoms with van der Waals surface area (Å²) in [5.41, 5.74) is 9.47. The number of nitrogens with zero attached hydrogens (tertiary/aromatic N) is 2. The first-order valence-corrected chi connectivity index (χ1v) is 6.39. The lowest BCUT2D eigenvalue weighted by Crippen LogP contribution is -2.21. The van der Waals surface area contributed by atoms with Gasteiger partial charge in [-0.2, -0.15) is 0 Å². The smallest absolute Gasteiger partial charge is 0.189 e. The highest BCUT2D eigenvalue weighted by Crippen LogP contribution is 2.07. The van der Waals surface area contributed by atoms with Crippen molar-refractivity contribution in [3.8, 4) is 0 Å². The molecule has 0 radical (unpaired) electrons. The van der Waals surface area contributed by atoms with Crippen LogP contribution in [0.3, 0.4) is 0 Å². The summed E-state index contributed by atoms with van der Waals surface area (Å²) in [6, 6.07) is 12.1. The van der Waals surface area contributed by atoms with Crippen molar-refractivity contribution in [1.82, 2.24) is 10.3 Å². The Morgan fingerprint density at radius 3 is 2.90 bits per heavy atom. The number of nitrogens with two attached hydrogens (primary N) is 1. The summed E-state index contributed by atoms with van der Waals surface area (Å²) in [7, 11) is 0. The molecule has 20 heavy (non-hydrogen) atoms. The summed E-state index contributed by atoms with van der Waals surface area (Å²) in [5.74, 6) is 0.0259. The molecule has 2 aromatic rings. The molecule has 0 aliphatic heterocycles. The van der Waals surface area contributed by atoms with Crippen LogP contribution in [0.2, 0.25) is 0 Å². The topological polar surface area (TPSA) is 83.5 Å². The van der Waals surface area contributed by atoms with E-state index in [4.69, 9.17) is 10.9 Å². The molecular weight excluding hydrogens is 252 g/mol. The van der Waals surface area contributed by atoms with Gasteiger partial charge in [0.25, 0.3) is 0 Å². The molecule has 1 heterocycles. The summed E-state index contributed by atoms with van der Waals surface area (Å²) in [4.78, 5) is 4.13. The van der Waals surface area contributed by atoms with Gasteiger partial charge in [0, 0.05) is 19.3 Å². The van der Waals surface area contributed by atoms with Crippen molar-refractivity contribution in [2.75, 3.05) is 0 Å². The van der Waals surface area contributed by atoms with Crippen molar-refractivity contribution in [3.05, 3.63) is 65.0 Å². The van der Waals surface area contributed by atoms with Gasteiger partial charge in [0.2, 0.25) is 0 Å². The second kappa shape index (κ2) is 6.68. The molecule has 0 amide bonds. The predicted molar refractivity (Wildman–Crippen MR) is 78.5 cm³/mol. The molecule has 0 fully saturated rings. The highest BCUT2D eigenvalue weighted by atomic mass is 16.4. The van der Waals surface area contributed by atoms with E-state index in [1.807, 2.05) is 18.2 Å². The van der Waals surface area contributed by atoms with Gasteiger partial charge in [-0.25, -0.2) is 0 Å². The van der Waals surface area contributed by atoms with E-state index in [-0.39, 0.29) is 5.84 Å². The molecule has 5 nitrogen and oxygen atoms in total. The zero-order valence-corrected chi connectivity index (χ0v) is 11.4. The Labute approximate surface area is 118 Å². The molecule has 1 aromatic carbocycles. The first-order chi connectivity index (χ1) is 9.70. The van der Waals surface area contributed by atoms with Crippen molar-refractivity contribution in [2.45, 2.75) is 20.0 Å². The van der Waals surface area contributed by atoms with Gasteiger partial charge in [0.05, 0.1) is 0 Å². The Morgan fingerprint density at radius 1 is 1.30 bits per heavy atom. The first-order valence-electron chi connectivity index (χ1n) is 6.39. The molecule has 0 atom stereocenters. The van der Waals surface area contributed by atoms with Gasteiger partial charge in [-0.15, -0.1) is 0 Å². The number of pyridine rings is 1. The minimum absolute atomic E-state index is 0.0259. The van der Waals surface area contributed by atoms with Crippen LogP contribution >= 0.6 is 0 Å². The van der Waals surface area contributed by atoms with E-state index in [0.29, 0.717) is 12.2 Å². The minimum atomic E-state index is 0.0259. The fraction of sp³-hybridized carbons (Fsp3) is 0.200. The normalized spacial score (nSPS) is 11.6. The predicted octanol–water partition coefficient (Wildman–Crippen LogP) is 1.77. The van der Waals surface area contributed by atoms with Crippen molar-refractivity contribution < 1.29 is 5.21 Å². The largest absolute Gasteiger partial charge is 0.409 e. The molecule has 104 valence electrons. The van der Waals surface area contributed by atoms with E-state index in [9.17, 15) is 0 Å². The summed E-state index contributed by atoms with van der Waals surface area (Å²) in [5, 5.41) is 15.1. The third-order valence-electron chi connectivity index (χ3n) is 2.97. The maximum Gasteiger partial charge on any atom is 0.189 e. The second-order valence-corrected chi connectivity index (χ2v) is 4.59. The van der Waals surface area contributed by atoms with Gasteiger partial charge in [-0.1, -0.05) is 41.1 Å². The average molecular weight is 270 g/mol. The molecule has 1 aromatic heterocycles. The highest BCUT2D eigenvalue weighted by molar-refractivity contribution is 5.96. The summed E-state index contributed by atoms with van der Waals surface area (Å²) in [6.07, 6.45) is 1.62. The molecule has 4 N–H and O–H groups in total. The molecule has 0 saturated heterocycles. The quantitative estimate of drug-likeness (QED) is 0.335. The highest BCUT2D eigenvalue weighted by Gasteiger charge is 2.07. The van der Waals surface area contributed by atoms with Crippen molar-refractivity contribution in [1.29, 1.82) is 0 Å². The van der Waals surface area contributed by atoms with Gasteiger partial charge in [-0.05, 0) is 24.1 Å². The number of amidine groups is 1. The first kappa shape index (κ1) is 14.0. The Kier molecular flexibility index (Phi) is 4.68. The maximum atomic E-state index is 8.75. The zero-order chi connectivity index (χ0) is 14.4. The number of hydrogen-bond donors (Lipinski definition) is 3. The molecule has 0 spiro atoms. The molecule has 5 heteroatoms. The SMILES string of the molecule is Cc1cccc(CNCc2cccnc2C(N)=NO)c1. The Hall–Kier alpha value is -2.40. The fourth-order valence-electron chi connectivity index (χ4n) is 2.02. The van der Waals surface area contributed by atoms with Crippen LogP contribution in [0.5, 0.6) is 0 Å². The van der Waals surface area contributed by atoms with Gasteiger partial charge in [-0.3, -0.25) is 4.98 Å². The van der Waals surface area contributed by atoms with Crippen LogP contribution in [0.4, 0.5) is 0 Å². The number of nitrogens with one attached hydrogen (secondary N) is 1. The zero-order valence-electron chi connectivity index (χ0n) is 11.4. The number of hydrogen-bond acceptors (Lipinski definition) is 4. The number of benzene rings is 1. The third-order valence-corrected chi connectivity index (χ3v) is 2.97. The van der Waals surface area contributed by atoms with Crippen LogP contribution in [0.25, 0.3) is 0 Å². The van der Waals surface area contributed by atoms with E-state index < -0.39 is 0 Å². The lowest BCUT2D eigenvalue weighted by Gasteiger charge is -2.09. The Balaban J connectivity index is 2.01. The Morgan fingerprint density at radius 2 is 2.15 bits per heavy atom. The summed E-state index contributed by atoms with van der Waals surface area (Å²) >= 11 is 0. The van der Waals surface area contributed by atoms with Crippen LogP contribution < -0.4 is 11.1 Å². The lowest BCUT2D eigenvalue weighted by atomic mass is 10.1. The van der Waals surface area contributed by atoms with Crippen LogP contribution in [0.1, 0.15) is 22.4 Å². The molecule has 0 saturated carbocycles. The lowest BCUT2D eigenvalue weighted by molar-refractivity contribution is 0.318. The van der Waals surface area contributed by atoms with E-state index in [0.717, 1.165) is 12.1 Å². The number of aryl methyl sites for hydroxylation is 1. The summed E-state index contributed by atoms with van der Waals surface area (Å²) in [6.45, 7) is 3.43. The number of oxime groups is 1. The molecule has 0 aliphatic rings. The minimum Gasteiger partial charge on any atom is -0.409 e. The molecular formula is C15H18N4O. The van der Waals surface area contributed by atoms with Gasteiger partial charge in [0.15, 0.2) is 5.84 Å². The van der Waals surface area contributed by atoms with Gasteiger partial charge < -0.3 is 16.3 Å². The standard InChI is InChI=1S/C15H18N4O/c1-11-4-2-5-12(8-11)9-17-10-13-6-3-7-18-14(13)15(16)19-20/h2-8,17,20H,9-10H2,1H3,(H2,16,19). The van der Waals surface area contributed by atoms with Gasteiger partial charge >= 0.3 is 0 Å². The van der Waals surface area contributed by atoms with E-state index in [1.54, 1.807) is 6.20 Å². The van der Waals surface area contributed by atoms with Crippen molar-refractivity contribution in [3.63, 3.8) is 0 Å². The molecule has 0 bridgehead atoms.